The molecule has 1 rings (SSSR count). The summed E-state index contributed by atoms with van der Waals surface area (Å²) in [4.78, 5) is 4.33. The number of aliphatic imine (C=N–C) groups is 1. The van der Waals surface area contributed by atoms with E-state index in [4.69, 9.17) is 5.73 Å². The topological polar surface area (TPSA) is 50.4 Å². The van der Waals surface area contributed by atoms with Gasteiger partial charge in [0.2, 0.25) is 0 Å². The van der Waals surface area contributed by atoms with Crippen LogP contribution < -0.4 is 11.1 Å². The van der Waals surface area contributed by atoms with Gasteiger partial charge in [0.05, 0.1) is 0 Å². The number of anilines is 1. The SMILES string of the molecule is CCCCCCN=C(N)Nc1ccc(C)c(C)c1.I. The molecule has 0 radical (unpaired) electrons. The highest BCUT2D eigenvalue weighted by Gasteiger charge is 1.97. The van der Waals surface area contributed by atoms with Crippen LogP contribution in [0.4, 0.5) is 5.69 Å². The number of benzene rings is 1. The highest BCUT2D eigenvalue weighted by Crippen LogP contribution is 2.13. The van der Waals surface area contributed by atoms with Gasteiger partial charge >= 0.3 is 0 Å². The largest absolute Gasteiger partial charge is 0.370 e. The Morgan fingerprint density at radius 3 is 2.53 bits per heavy atom. The van der Waals surface area contributed by atoms with E-state index < -0.39 is 0 Å². The predicted molar refractivity (Wildman–Crippen MR) is 95.6 cm³/mol. The Morgan fingerprint density at radius 2 is 1.89 bits per heavy atom. The number of guanidine groups is 1. The molecular weight excluding hydrogens is 349 g/mol. The number of hydrogen-bond donors (Lipinski definition) is 2. The lowest BCUT2D eigenvalue weighted by molar-refractivity contribution is 0.675. The average molecular weight is 375 g/mol. The number of nitrogens with zero attached hydrogens (tertiary/aromatic N) is 1. The van der Waals surface area contributed by atoms with Crippen LogP contribution in [0.15, 0.2) is 23.2 Å². The highest BCUT2D eigenvalue weighted by molar-refractivity contribution is 14.0. The zero-order chi connectivity index (χ0) is 13.4. The molecule has 19 heavy (non-hydrogen) atoms. The molecular formula is C15H26IN3. The molecule has 0 aliphatic carbocycles. The van der Waals surface area contributed by atoms with E-state index in [-0.39, 0.29) is 24.0 Å². The number of nitrogens with two attached hydrogens (primary N) is 1. The third-order valence-electron chi connectivity index (χ3n) is 3.07. The number of halogens is 1. The van der Waals surface area contributed by atoms with E-state index in [9.17, 15) is 0 Å². The summed E-state index contributed by atoms with van der Waals surface area (Å²) in [5.41, 5.74) is 9.40. The molecule has 0 saturated carbocycles. The van der Waals surface area contributed by atoms with E-state index in [1.165, 1.54) is 30.4 Å². The van der Waals surface area contributed by atoms with Crippen molar-refractivity contribution in [1.29, 1.82) is 0 Å². The number of unbranched alkanes of at least 4 members (excludes halogenated alkanes) is 3. The molecule has 0 aromatic heterocycles. The van der Waals surface area contributed by atoms with Crippen molar-refractivity contribution < 1.29 is 0 Å². The fourth-order valence-corrected chi connectivity index (χ4v) is 1.74. The van der Waals surface area contributed by atoms with Crippen LogP contribution in [0.5, 0.6) is 0 Å². The van der Waals surface area contributed by atoms with Crippen molar-refractivity contribution in [2.24, 2.45) is 10.7 Å². The summed E-state index contributed by atoms with van der Waals surface area (Å²) in [6, 6.07) is 6.21. The normalized spacial score (nSPS) is 11.0. The molecule has 1 aromatic rings. The Balaban J connectivity index is 0.00000324. The molecule has 0 amide bonds. The molecule has 1 aromatic carbocycles. The Bertz CT molecular complexity index is 402. The summed E-state index contributed by atoms with van der Waals surface area (Å²) in [7, 11) is 0. The van der Waals surface area contributed by atoms with Gasteiger partial charge in [-0.1, -0.05) is 32.3 Å². The summed E-state index contributed by atoms with van der Waals surface area (Å²) in [5.74, 6) is 0.509. The van der Waals surface area contributed by atoms with Gasteiger partial charge in [-0.15, -0.1) is 24.0 Å². The van der Waals surface area contributed by atoms with Crippen molar-refractivity contribution in [3.63, 3.8) is 0 Å². The third-order valence-corrected chi connectivity index (χ3v) is 3.07. The van der Waals surface area contributed by atoms with Gasteiger partial charge in [-0.2, -0.15) is 0 Å². The zero-order valence-electron chi connectivity index (χ0n) is 12.2. The van der Waals surface area contributed by atoms with Gasteiger partial charge in [0.25, 0.3) is 0 Å². The summed E-state index contributed by atoms with van der Waals surface area (Å²) >= 11 is 0. The molecule has 0 spiro atoms. The Hall–Kier alpha value is -0.780. The van der Waals surface area contributed by atoms with Crippen LogP contribution >= 0.6 is 24.0 Å². The Morgan fingerprint density at radius 1 is 1.16 bits per heavy atom. The standard InChI is InChI=1S/C15H25N3.HI/c1-4-5-6-7-10-17-15(16)18-14-9-8-12(2)13(3)11-14;/h8-9,11H,4-7,10H2,1-3H3,(H3,16,17,18);1H. The van der Waals surface area contributed by atoms with E-state index in [0.29, 0.717) is 5.96 Å². The minimum absolute atomic E-state index is 0. The summed E-state index contributed by atoms with van der Waals surface area (Å²) in [6.45, 7) is 7.21. The van der Waals surface area contributed by atoms with Crippen LogP contribution in [0.3, 0.4) is 0 Å². The van der Waals surface area contributed by atoms with Crippen LogP contribution in [-0.4, -0.2) is 12.5 Å². The van der Waals surface area contributed by atoms with E-state index in [2.05, 4.69) is 43.2 Å². The van der Waals surface area contributed by atoms with Gasteiger partial charge in [-0.05, 0) is 43.5 Å². The van der Waals surface area contributed by atoms with Crippen molar-refractivity contribution in [3.8, 4) is 0 Å². The first-order chi connectivity index (χ1) is 8.63. The summed E-state index contributed by atoms with van der Waals surface area (Å²) in [6.07, 6.45) is 4.88. The Labute approximate surface area is 134 Å². The molecule has 3 N–H and O–H groups in total. The van der Waals surface area contributed by atoms with Gasteiger partial charge in [0.1, 0.15) is 0 Å². The van der Waals surface area contributed by atoms with Crippen molar-refractivity contribution in [2.75, 3.05) is 11.9 Å². The molecule has 0 aliphatic rings. The van der Waals surface area contributed by atoms with Gasteiger partial charge < -0.3 is 11.1 Å². The van der Waals surface area contributed by atoms with Gasteiger partial charge in [0, 0.05) is 12.2 Å². The molecule has 0 heterocycles. The summed E-state index contributed by atoms with van der Waals surface area (Å²) in [5, 5.41) is 3.13. The maximum atomic E-state index is 5.85. The van der Waals surface area contributed by atoms with Crippen molar-refractivity contribution in [1.82, 2.24) is 0 Å². The quantitative estimate of drug-likeness (QED) is 0.338. The highest BCUT2D eigenvalue weighted by atomic mass is 127. The smallest absolute Gasteiger partial charge is 0.193 e. The predicted octanol–water partition coefficient (Wildman–Crippen LogP) is 4.23. The Kier molecular flexibility index (Phi) is 9.65. The second-order valence-electron chi connectivity index (χ2n) is 4.75. The van der Waals surface area contributed by atoms with E-state index >= 15 is 0 Å². The molecule has 0 atom stereocenters. The third kappa shape index (κ3) is 7.40. The van der Waals surface area contributed by atoms with Gasteiger partial charge in [0.15, 0.2) is 5.96 Å². The molecule has 4 heteroatoms. The lowest BCUT2D eigenvalue weighted by Gasteiger charge is -2.08. The fraction of sp³-hybridized carbons (Fsp3) is 0.533. The molecule has 0 bridgehead atoms. The van der Waals surface area contributed by atoms with E-state index in [1.807, 2.05) is 6.07 Å². The van der Waals surface area contributed by atoms with Gasteiger partial charge in [-0.3, -0.25) is 4.99 Å². The number of nitrogens with one attached hydrogen (secondary N) is 1. The first kappa shape index (κ1) is 18.2. The number of hydrogen-bond acceptors (Lipinski definition) is 1. The molecule has 108 valence electrons. The molecule has 3 nitrogen and oxygen atoms in total. The van der Waals surface area contributed by atoms with Gasteiger partial charge in [-0.25, -0.2) is 0 Å². The average Bonchev–Trinajstić information content (AvgIpc) is 2.34. The maximum Gasteiger partial charge on any atom is 0.193 e. The minimum atomic E-state index is 0. The summed E-state index contributed by atoms with van der Waals surface area (Å²) < 4.78 is 0. The van der Waals surface area contributed by atoms with Crippen LogP contribution in [-0.2, 0) is 0 Å². The van der Waals surface area contributed by atoms with Crippen molar-refractivity contribution in [3.05, 3.63) is 29.3 Å². The van der Waals surface area contributed by atoms with Crippen molar-refractivity contribution >= 4 is 35.6 Å². The molecule has 0 saturated heterocycles. The lowest BCUT2D eigenvalue weighted by atomic mass is 10.1. The van der Waals surface area contributed by atoms with Crippen molar-refractivity contribution in [2.45, 2.75) is 46.5 Å². The zero-order valence-corrected chi connectivity index (χ0v) is 14.5. The first-order valence-corrected chi connectivity index (χ1v) is 6.77. The monoisotopic (exact) mass is 375 g/mol. The second kappa shape index (κ2) is 10.1. The van der Waals surface area contributed by atoms with Crippen LogP contribution in [0, 0.1) is 13.8 Å². The molecule has 0 aliphatic heterocycles. The van der Waals surface area contributed by atoms with E-state index in [0.717, 1.165) is 18.7 Å². The second-order valence-corrected chi connectivity index (χ2v) is 4.75. The van der Waals surface area contributed by atoms with Crippen LogP contribution in [0.1, 0.15) is 43.7 Å². The van der Waals surface area contributed by atoms with Crippen LogP contribution in [0.2, 0.25) is 0 Å². The number of aryl methyl sites for hydroxylation is 2. The van der Waals surface area contributed by atoms with E-state index in [1.54, 1.807) is 0 Å². The first-order valence-electron chi connectivity index (χ1n) is 6.77. The number of rotatable bonds is 6. The molecule has 0 unspecified atom stereocenters. The molecule has 0 fully saturated rings. The maximum absolute atomic E-state index is 5.85. The minimum Gasteiger partial charge on any atom is -0.370 e. The lowest BCUT2D eigenvalue weighted by Crippen LogP contribution is -2.22. The fourth-order valence-electron chi connectivity index (χ4n) is 1.74. The van der Waals surface area contributed by atoms with Crippen LogP contribution in [0.25, 0.3) is 0 Å².